The Hall–Kier alpha value is -2.58. The first-order chi connectivity index (χ1) is 13.9. The Bertz CT molecular complexity index is 818. The molecule has 8 heteroatoms. The topological polar surface area (TPSA) is 93.4 Å². The van der Waals surface area contributed by atoms with Gasteiger partial charge in [0.25, 0.3) is 5.69 Å². The minimum atomic E-state index is -0.407. The third-order valence-corrected chi connectivity index (χ3v) is 4.93. The van der Waals surface area contributed by atoms with E-state index in [1.165, 1.54) is 12.1 Å². The Morgan fingerprint density at radius 3 is 2.52 bits per heavy atom. The molecular formula is C21H29N5O3. The number of hydrogen-bond acceptors (Lipinski definition) is 7. The highest BCUT2D eigenvalue weighted by atomic mass is 16.6. The molecule has 2 atom stereocenters. The molecule has 1 N–H and O–H groups in total. The highest BCUT2D eigenvalue weighted by Gasteiger charge is 2.21. The van der Waals surface area contributed by atoms with Crippen LogP contribution in [-0.2, 0) is 11.2 Å². The van der Waals surface area contributed by atoms with Gasteiger partial charge in [-0.15, -0.1) is 0 Å². The summed E-state index contributed by atoms with van der Waals surface area (Å²) in [5, 5.41) is 14.3. The van der Waals surface area contributed by atoms with Gasteiger partial charge in [-0.3, -0.25) is 15.0 Å². The van der Waals surface area contributed by atoms with Gasteiger partial charge >= 0.3 is 0 Å². The van der Waals surface area contributed by atoms with Crippen LogP contribution in [0.1, 0.15) is 32.9 Å². The van der Waals surface area contributed by atoms with Crippen molar-refractivity contribution in [2.24, 2.45) is 0 Å². The monoisotopic (exact) mass is 399 g/mol. The summed E-state index contributed by atoms with van der Waals surface area (Å²) in [5.74, 6) is 1.37. The summed E-state index contributed by atoms with van der Waals surface area (Å²) < 4.78 is 5.78. The van der Waals surface area contributed by atoms with E-state index in [0.717, 1.165) is 56.1 Å². The van der Waals surface area contributed by atoms with Crippen molar-refractivity contribution in [3.63, 3.8) is 0 Å². The standard InChI is InChI=1S/C21H29N5O3/c1-4-18-12-20(22-10-5-11-25-13-15(2)29-16(3)14-25)24-21(23-18)17-6-8-19(9-7-17)26(27)28/h6-9,12,15-16H,4-5,10-11,13-14H2,1-3H3,(H,22,23,24). The van der Waals surface area contributed by atoms with E-state index < -0.39 is 4.92 Å². The summed E-state index contributed by atoms with van der Waals surface area (Å²) in [5.41, 5.74) is 1.77. The molecular weight excluding hydrogens is 370 g/mol. The summed E-state index contributed by atoms with van der Waals surface area (Å²) in [7, 11) is 0. The molecule has 29 heavy (non-hydrogen) atoms. The zero-order valence-corrected chi connectivity index (χ0v) is 17.3. The number of non-ortho nitro benzene ring substituents is 1. The first-order valence-corrected chi connectivity index (χ1v) is 10.2. The second kappa shape index (κ2) is 9.76. The summed E-state index contributed by atoms with van der Waals surface area (Å²) in [4.78, 5) is 22.1. The van der Waals surface area contributed by atoms with E-state index in [0.29, 0.717) is 5.82 Å². The SMILES string of the molecule is CCc1cc(NCCCN2CC(C)OC(C)C2)nc(-c2ccc([N+](=O)[O-])cc2)n1. The van der Waals surface area contributed by atoms with Crippen LogP contribution in [0.4, 0.5) is 11.5 Å². The van der Waals surface area contributed by atoms with E-state index >= 15 is 0 Å². The fourth-order valence-corrected chi connectivity index (χ4v) is 3.62. The number of benzene rings is 1. The van der Waals surface area contributed by atoms with Gasteiger partial charge in [-0.25, -0.2) is 9.97 Å². The molecule has 8 nitrogen and oxygen atoms in total. The first-order valence-electron chi connectivity index (χ1n) is 10.2. The zero-order valence-electron chi connectivity index (χ0n) is 17.3. The highest BCUT2D eigenvalue weighted by Crippen LogP contribution is 2.21. The van der Waals surface area contributed by atoms with Gasteiger partial charge in [-0.2, -0.15) is 0 Å². The lowest BCUT2D eigenvalue weighted by atomic mass is 10.2. The summed E-state index contributed by atoms with van der Waals surface area (Å²) in [6, 6.07) is 8.31. The van der Waals surface area contributed by atoms with Gasteiger partial charge in [0, 0.05) is 55.6 Å². The van der Waals surface area contributed by atoms with Crippen molar-refractivity contribution in [3.05, 3.63) is 46.1 Å². The molecule has 0 aliphatic carbocycles. The maximum absolute atomic E-state index is 10.9. The number of morpholine rings is 1. The second-order valence-electron chi connectivity index (χ2n) is 7.52. The Morgan fingerprint density at radius 2 is 1.90 bits per heavy atom. The average molecular weight is 399 g/mol. The Morgan fingerprint density at radius 1 is 1.21 bits per heavy atom. The molecule has 1 aromatic heterocycles. The smallest absolute Gasteiger partial charge is 0.269 e. The van der Waals surface area contributed by atoms with Crippen molar-refractivity contribution in [1.82, 2.24) is 14.9 Å². The number of aromatic nitrogens is 2. The van der Waals surface area contributed by atoms with E-state index in [9.17, 15) is 10.1 Å². The van der Waals surface area contributed by atoms with Crippen molar-refractivity contribution in [1.29, 1.82) is 0 Å². The molecule has 156 valence electrons. The van der Waals surface area contributed by atoms with Crippen molar-refractivity contribution in [3.8, 4) is 11.4 Å². The number of nitro benzene ring substituents is 1. The summed E-state index contributed by atoms with van der Waals surface area (Å²) in [6.45, 7) is 10.1. The van der Waals surface area contributed by atoms with E-state index in [2.05, 4.69) is 34.0 Å². The molecule has 0 bridgehead atoms. The van der Waals surface area contributed by atoms with Crippen LogP contribution in [0, 0.1) is 10.1 Å². The summed E-state index contributed by atoms with van der Waals surface area (Å²) >= 11 is 0. The number of nitro groups is 1. The largest absolute Gasteiger partial charge is 0.373 e. The molecule has 1 aliphatic heterocycles. The minimum Gasteiger partial charge on any atom is -0.373 e. The average Bonchev–Trinajstić information content (AvgIpc) is 2.70. The van der Waals surface area contributed by atoms with E-state index in [1.54, 1.807) is 12.1 Å². The Balaban J connectivity index is 1.60. The summed E-state index contributed by atoms with van der Waals surface area (Å²) in [6.07, 6.45) is 2.37. The number of anilines is 1. The van der Waals surface area contributed by atoms with E-state index in [4.69, 9.17) is 4.74 Å². The van der Waals surface area contributed by atoms with Crippen LogP contribution in [0.15, 0.2) is 30.3 Å². The fourth-order valence-electron chi connectivity index (χ4n) is 3.62. The van der Waals surface area contributed by atoms with E-state index in [1.807, 2.05) is 13.0 Å². The van der Waals surface area contributed by atoms with Gasteiger partial charge in [0.1, 0.15) is 5.82 Å². The Labute approximate surface area is 171 Å². The molecule has 1 saturated heterocycles. The number of rotatable bonds is 8. The lowest BCUT2D eigenvalue weighted by Crippen LogP contribution is -2.45. The first kappa shape index (κ1) is 21.1. The molecule has 0 radical (unpaired) electrons. The molecule has 3 rings (SSSR count). The maximum Gasteiger partial charge on any atom is 0.269 e. The van der Waals surface area contributed by atoms with Gasteiger partial charge in [-0.05, 0) is 38.8 Å². The molecule has 2 heterocycles. The van der Waals surface area contributed by atoms with E-state index in [-0.39, 0.29) is 17.9 Å². The maximum atomic E-state index is 10.9. The van der Waals surface area contributed by atoms with Crippen LogP contribution >= 0.6 is 0 Å². The molecule has 0 saturated carbocycles. The van der Waals surface area contributed by atoms with Gasteiger partial charge < -0.3 is 10.1 Å². The molecule has 1 aliphatic rings. The van der Waals surface area contributed by atoms with Crippen molar-refractivity contribution < 1.29 is 9.66 Å². The molecule has 0 amide bonds. The van der Waals surface area contributed by atoms with Crippen LogP contribution in [0.3, 0.4) is 0 Å². The number of nitrogens with one attached hydrogen (secondary N) is 1. The predicted molar refractivity (Wildman–Crippen MR) is 113 cm³/mol. The third-order valence-electron chi connectivity index (χ3n) is 4.93. The highest BCUT2D eigenvalue weighted by molar-refractivity contribution is 5.59. The van der Waals surface area contributed by atoms with Crippen LogP contribution in [0.2, 0.25) is 0 Å². The number of hydrogen-bond donors (Lipinski definition) is 1. The van der Waals surface area contributed by atoms with Gasteiger partial charge in [0.15, 0.2) is 5.82 Å². The lowest BCUT2D eigenvalue weighted by molar-refractivity contribution is -0.384. The van der Waals surface area contributed by atoms with Gasteiger partial charge in [-0.1, -0.05) is 6.92 Å². The molecule has 1 fully saturated rings. The second-order valence-corrected chi connectivity index (χ2v) is 7.52. The fraction of sp³-hybridized carbons (Fsp3) is 0.524. The van der Waals surface area contributed by atoms with Crippen molar-refractivity contribution in [2.45, 2.75) is 45.8 Å². The molecule has 2 unspecified atom stereocenters. The zero-order chi connectivity index (χ0) is 20.8. The Kier molecular flexibility index (Phi) is 7.11. The number of aryl methyl sites for hydroxylation is 1. The quantitative estimate of drug-likeness (QED) is 0.412. The van der Waals surface area contributed by atoms with Crippen LogP contribution in [0.5, 0.6) is 0 Å². The molecule has 2 aromatic rings. The van der Waals surface area contributed by atoms with Crippen LogP contribution in [-0.4, -0.2) is 58.2 Å². The molecule has 0 spiro atoms. The van der Waals surface area contributed by atoms with Crippen molar-refractivity contribution >= 4 is 11.5 Å². The predicted octanol–water partition coefficient (Wildman–Crippen LogP) is 3.53. The molecule has 1 aromatic carbocycles. The van der Waals surface area contributed by atoms with Gasteiger partial charge in [0.05, 0.1) is 17.1 Å². The third kappa shape index (κ3) is 5.95. The van der Waals surface area contributed by atoms with Gasteiger partial charge in [0.2, 0.25) is 0 Å². The van der Waals surface area contributed by atoms with Crippen LogP contribution < -0.4 is 5.32 Å². The normalized spacial score (nSPS) is 19.8. The lowest BCUT2D eigenvalue weighted by Gasteiger charge is -2.35. The number of ether oxygens (including phenoxy) is 1. The number of nitrogens with zero attached hydrogens (tertiary/aromatic N) is 4. The minimum absolute atomic E-state index is 0.0606. The van der Waals surface area contributed by atoms with Crippen molar-refractivity contribution in [2.75, 3.05) is 31.5 Å². The van der Waals surface area contributed by atoms with Crippen LogP contribution in [0.25, 0.3) is 11.4 Å².